The number of nitrogens with one attached hydrogen (secondary N) is 1. The third-order valence-corrected chi connectivity index (χ3v) is 3.70. The number of hydrogen-bond donors (Lipinski definition) is 2. The van der Waals surface area contributed by atoms with Gasteiger partial charge in [-0.05, 0) is 20.2 Å². The lowest BCUT2D eigenvalue weighted by Gasteiger charge is -2.41. The molecule has 18 heavy (non-hydrogen) atoms. The second-order valence-electron chi connectivity index (χ2n) is 4.98. The Morgan fingerprint density at radius 3 is 2.72 bits per heavy atom. The van der Waals surface area contributed by atoms with Crippen molar-refractivity contribution in [3.05, 3.63) is 35.6 Å². The molecule has 0 amide bonds. The van der Waals surface area contributed by atoms with E-state index in [0.717, 1.165) is 19.6 Å². The van der Waals surface area contributed by atoms with E-state index in [-0.39, 0.29) is 17.9 Å². The average molecular weight is 252 g/mol. The topological polar surface area (TPSA) is 44.5 Å². The van der Waals surface area contributed by atoms with Crippen molar-refractivity contribution in [1.82, 2.24) is 15.2 Å². The van der Waals surface area contributed by atoms with Crippen LogP contribution in [0.2, 0.25) is 0 Å². The van der Waals surface area contributed by atoms with Crippen LogP contribution in [0, 0.1) is 5.82 Å². The van der Waals surface area contributed by atoms with Crippen LogP contribution in [-0.4, -0.2) is 49.6 Å². The van der Waals surface area contributed by atoms with Crippen molar-refractivity contribution in [2.75, 3.05) is 33.7 Å². The summed E-state index contributed by atoms with van der Waals surface area (Å²) < 4.78 is 13.9. The molecule has 1 fully saturated rings. The molecule has 100 valence electrons. The molecular weight excluding hydrogens is 231 g/mol. The number of piperazine rings is 1. The Morgan fingerprint density at radius 2 is 2.06 bits per heavy atom. The Kier molecular flexibility index (Phi) is 4.29. The van der Waals surface area contributed by atoms with E-state index in [0.29, 0.717) is 5.56 Å². The molecule has 5 heteroatoms. The molecule has 2 rings (SSSR count). The highest BCUT2D eigenvalue weighted by molar-refractivity contribution is 5.23. The van der Waals surface area contributed by atoms with Crippen LogP contribution in [0.5, 0.6) is 0 Å². The van der Waals surface area contributed by atoms with E-state index >= 15 is 0 Å². The largest absolute Gasteiger partial charge is 0.303 e. The first-order valence-corrected chi connectivity index (χ1v) is 6.23. The average Bonchev–Trinajstić information content (AvgIpc) is 2.36. The van der Waals surface area contributed by atoms with Gasteiger partial charge in [-0.25, -0.2) is 4.39 Å². The summed E-state index contributed by atoms with van der Waals surface area (Å²) in [5.74, 6) is 5.44. The van der Waals surface area contributed by atoms with Crippen LogP contribution in [0.25, 0.3) is 0 Å². The van der Waals surface area contributed by atoms with Crippen LogP contribution >= 0.6 is 0 Å². The van der Waals surface area contributed by atoms with Crippen molar-refractivity contribution in [1.29, 1.82) is 0 Å². The van der Waals surface area contributed by atoms with Crippen molar-refractivity contribution >= 4 is 0 Å². The Bertz CT molecular complexity index is 398. The number of benzene rings is 1. The van der Waals surface area contributed by atoms with Gasteiger partial charge >= 0.3 is 0 Å². The molecule has 1 aliphatic rings. The molecule has 1 aromatic rings. The molecular formula is C13H21FN4. The van der Waals surface area contributed by atoms with Gasteiger partial charge in [-0.1, -0.05) is 18.2 Å². The van der Waals surface area contributed by atoms with Gasteiger partial charge in [-0.15, -0.1) is 0 Å². The quantitative estimate of drug-likeness (QED) is 0.610. The minimum Gasteiger partial charge on any atom is -0.303 e. The first kappa shape index (κ1) is 13.4. The summed E-state index contributed by atoms with van der Waals surface area (Å²) in [6.07, 6.45) is 0. The predicted molar refractivity (Wildman–Crippen MR) is 70.4 cm³/mol. The lowest BCUT2D eigenvalue weighted by Crippen LogP contribution is -2.56. The molecule has 2 unspecified atom stereocenters. The van der Waals surface area contributed by atoms with Crippen LogP contribution in [0.15, 0.2) is 24.3 Å². The molecule has 2 atom stereocenters. The Hall–Kier alpha value is -1.01. The maximum Gasteiger partial charge on any atom is 0.128 e. The van der Waals surface area contributed by atoms with Crippen LogP contribution < -0.4 is 11.3 Å². The lowest BCUT2D eigenvalue weighted by molar-refractivity contribution is 0.0867. The van der Waals surface area contributed by atoms with E-state index in [2.05, 4.69) is 29.3 Å². The van der Waals surface area contributed by atoms with Gasteiger partial charge in [0.1, 0.15) is 5.82 Å². The molecule has 1 heterocycles. The molecule has 3 N–H and O–H groups in total. The molecule has 0 radical (unpaired) electrons. The lowest BCUT2D eigenvalue weighted by atomic mass is 9.96. The fourth-order valence-electron chi connectivity index (χ4n) is 2.54. The van der Waals surface area contributed by atoms with Crippen molar-refractivity contribution in [3.8, 4) is 0 Å². The van der Waals surface area contributed by atoms with E-state index in [1.807, 2.05) is 6.07 Å². The summed E-state index contributed by atoms with van der Waals surface area (Å²) in [6, 6.07) is 6.79. The summed E-state index contributed by atoms with van der Waals surface area (Å²) in [4.78, 5) is 4.48. The number of nitrogens with two attached hydrogens (primary N) is 1. The number of hydrogen-bond acceptors (Lipinski definition) is 4. The second kappa shape index (κ2) is 5.75. The zero-order chi connectivity index (χ0) is 13.1. The van der Waals surface area contributed by atoms with Crippen LogP contribution in [0.3, 0.4) is 0 Å². The number of rotatable bonds is 3. The molecule has 0 spiro atoms. The van der Waals surface area contributed by atoms with E-state index in [9.17, 15) is 4.39 Å². The van der Waals surface area contributed by atoms with Crippen molar-refractivity contribution in [2.24, 2.45) is 5.84 Å². The first-order valence-electron chi connectivity index (χ1n) is 6.23. The second-order valence-corrected chi connectivity index (χ2v) is 4.98. The highest BCUT2D eigenvalue weighted by atomic mass is 19.1. The summed E-state index contributed by atoms with van der Waals surface area (Å²) in [7, 11) is 4.14. The number of hydrazine groups is 1. The van der Waals surface area contributed by atoms with Crippen molar-refractivity contribution in [2.45, 2.75) is 12.1 Å². The number of likely N-dealkylation sites (N-methyl/N-ethyl adjacent to an activating group) is 2. The summed E-state index contributed by atoms with van der Waals surface area (Å²) in [6.45, 7) is 2.87. The van der Waals surface area contributed by atoms with Gasteiger partial charge in [-0.3, -0.25) is 16.2 Å². The van der Waals surface area contributed by atoms with Gasteiger partial charge in [0.25, 0.3) is 0 Å². The minimum atomic E-state index is -0.206. The van der Waals surface area contributed by atoms with Crippen LogP contribution in [0.4, 0.5) is 4.39 Å². The SMILES string of the molecule is CN1CCN(C)C(C(NN)c2ccccc2F)C1. The maximum absolute atomic E-state index is 13.9. The smallest absolute Gasteiger partial charge is 0.128 e. The predicted octanol–water partition coefficient (Wildman–Crippen LogP) is 0.576. The summed E-state index contributed by atoms with van der Waals surface area (Å²) >= 11 is 0. The van der Waals surface area contributed by atoms with E-state index in [4.69, 9.17) is 5.84 Å². The molecule has 1 aromatic carbocycles. The zero-order valence-corrected chi connectivity index (χ0v) is 10.9. The van der Waals surface area contributed by atoms with E-state index in [1.165, 1.54) is 6.07 Å². The fraction of sp³-hybridized carbons (Fsp3) is 0.538. The maximum atomic E-state index is 13.9. The monoisotopic (exact) mass is 252 g/mol. The summed E-state index contributed by atoms with van der Waals surface area (Å²) in [5, 5.41) is 0. The third-order valence-electron chi connectivity index (χ3n) is 3.70. The van der Waals surface area contributed by atoms with E-state index < -0.39 is 0 Å². The third kappa shape index (κ3) is 2.70. The summed E-state index contributed by atoms with van der Waals surface area (Å²) in [5.41, 5.74) is 3.40. The zero-order valence-electron chi connectivity index (χ0n) is 10.9. The Morgan fingerprint density at radius 1 is 1.33 bits per heavy atom. The molecule has 0 aromatic heterocycles. The number of nitrogens with zero attached hydrogens (tertiary/aromatic N) is 2. The normalized spacial score (nSPS) is 24.1. The highest BCUT2D eigenvalue weighted by Crippen LogP contribution is 2.24. The van der Waals surface area contributed by atoms with Gasteiger partial charge in [0, 0.05) is 31.2 Å². The van der Waals surface area contributed by atoms with Crippen molar-refractivity contribution < 1.29 is 4.39 Å². The van der Waals surface area contributed by atoms with Crippen LogP contribution in [-0.2, 0) is 0 Å². The highest BCUT2D eigenvalue weighted by Gasteiger charge is 2.31. The van der Waals surface area contributed by atoms with Gasteiger partial charge < -0.3 is 4.90 Å². The number of halogens is 1. The molecule has 0 saturated carbocycles. The molecule has 0 bridgehead atoms. The molecule has 0 aliphatic carbocycles. The van der Waals surface area contributed by atoms with Gasteiger partial charge in [0.15, 0.2) is 0 Å². The standard InChI is InChI=1S/C13H21FN4/c1-17-7-8-18(2)12(9-17)13(16-15)10-5-3-4-6-11(10)14/h3-6,12-13,16H,7-9,15H2,1-2H3. The molecule has 1 aliphatic heterocycles. The van der Waals surface area contributed by atoms with Gasteiger partial charge in [0.05, 0.1) is 6.04 Å². The minimum absolute atomic E-state index is 0.172. The molecule has 4 nitrogen and oxygen atoms in total. The first-order chi connectivity index (χ1) is 8.63. The van der Waals surface area contributed by atoms with Crippen molar-refractivity contribution in [3.63, 3.8) is 0 Å². The molecule has 1 saturated heterocycles. The van der Waals surface area contributed by atoms with Gasteiger partial charge in [-0.2, -0.15) is 0 Å². The van der Waals surface area contributed by atoms with Crippen LogP contribution in [0.1, 0.15) is 11.6 Å². The van der Waals surface area contributed by atoms with Gasteiger partial charge in [0.2, 0.25) is 0 Å². The Labute approximate surface area is 108 Å². The Balaban J connectivity index is 2.25. The van der Waals surface area contributed by atoms with E-state index in [1.54, 1.807) is 12.1 Å². The fourth-order valence-corrected chi connectivity index (χ4v) is 2.54.